The van der Waals surface area contributed by atoms with Gasteiger partial charge in [-0.15, -0.1) is 0 Å². The molecule has 4 rings (SSSR count). The Morgan fingerprint density at radius 2 is 1.89 bits per heavy atom. The van der Waals surface area contributed by atoms with Crippen molar-refractivity contribution in [3.8, 4) is 5.69 Å². The largest absolute Gasteiger partial charge is 0.322 e. The second-order valence-electron chi connectivity index (χ2n) is 6.58. The Bertz CT molecular complexity index is 1080. The van der Waals surface area contributed by atoms with Crippen LogP contribution in [0, 0.1) is 0 Å². The second kappa shape index (κ2) is 6.66. The number of amides is 4. The lowest BCUT2D eigenvalue weighted by molar-refractivity contribution is -0.123. The summed E-state index contributed by atoms with van der Waals surface area (Å²) in [5, 5.41) is 11.8. The SMILES string of the molecule is CC1(c2cccc(NC(=O)c3cnn(-c4ccccc4)c3)c2)NC(=O)NC1=O. The van der Waals surface area contributed by atoms with Gasteiger partial charge in [-0.3, -0.25) is 14.9 Å². The average molecular weight is 375 g/mol. The number of nitrogens with zero attached hydrogens (tertiary/aromatic N) is 2. The summed E-state index contributed by atoms with van der Waals surface area (Å²) in [5.74, 6) is -0.769. The van der Waals surface area contributed by atoms with E-state index in [1.54, 1.807) is 42.1 Å². The van der Waals surface area contributed by atoms with Crippen molar-refractivity contribution >= 4 is 23.5 Å². The number of hydrogen-bond donors (Lipinski definition) is 3. The van der Waals surface area contributed by atoms with Gasteiger partial charge in [0.2, 0.25) is 0 Å². The molecule has 140 valence electrons. The number of urea groups is 1. The van der Waals surface area contributed by atoms with Crippen LogP contribution in [0.3, 0.4) is 0 Å². The molecule has 1 unspecified atom stereocenters. The van der Waals surface area contributed by atoms with Crippen molar-refractivity contribution in [1.29, 1.82) is 0 Å². The summed E-state index contributed by atoms with van der Waals surface area (Å²) in [4.78, 5) is 36.2. The molecule has 8 nitrogen and oxygen atoms in total. The van der Waals surface area contributed by atoms with Crippen molar-refractivity contribution in [2.24, 2.45) is 0 Å². The zero-order valence-electron chi connectivity index (χ0n) is 15.0. The van der Waals surface area contributed by atoms with Crippen LogP contribution in [0.1, 0.15) is 22.8 Å². The quantitative estimate of drug-likeness (QED) is 0.608. The van der Waals surface area contributed by atoms with Gasteiger partial charge >= 0.3 is 6.03 Å². The van der Waals surface area contributed by atoms with Crippen LogP contribution in [0.2, 0.25) is 0 Å². The van der Waals surface area contributed by atoms with Crippen LogP contribution in [0.5, 0.6) is 0 Å². The van der Waals surface area contributed by atoms with Gasteiger partial charge in [-0.2, -0.15) is 5.10 Å². The van der Waals surface area contributed by atoms with E-state index in [9.17, 15) is 14.4 Å². The fraction of sp³-hybridized carbons (Fsp3) is 0.100. The third kappa shape index (κ3) is 3.11. The van der Waals surface area contributed by atoms with Crippen LogP contribution in [0.4, 0.5) is 10.5 Å². The summed E-state index contributed by atoms with van der Waals surface area (Å²) < 4.78 is 1.62. The molecule has 1 aliphatic heterocycles. The van der Waals surface area contributed by atoms with E-state index in [-0.39, 0.29) is 5.91 Å². The van der Waals surface area contributed by atoms with E-state index in [1.165, 1.54) is 6.20 Å². The van der Waals surface area contributed by atoms with E-state index in [0.29, 0.717) is 16.8 Å². The molecule has 1 aromatic heterocycles. The maximum absolute atomic E-state index is 12.6. The van der Waals surface area contributed by atoms with Gasteiger partial charge in [0.25, 0.3) is 11.8 Å². The molecule has 1 saturated heterocycles. The van der Waals surface area contributed by atoms with Crippen molar-refractivity contribution in [3.05, 3.63) is 78.1 Å². The van der Waals surface area contributed by atoms with Crippen molar-refractivity contribution < 1.29 is 14.4 Å². The Balaban J connectivity index is 1.54. The zero-order chi connectivity index (χ0) is 19.7. The number of anilines is 1. The summed E-state index contributed by atoms with van der Waals surface area (Å²) in [6.45, 7) is 1.61. The smallest absolute Gasteiger partial charge is 0.322 e. The number of para-hydroxylation sites is 1. The van der Waals surface area contributed by atoms with E-state index in [4.69, 9.17) is 0 Å². The highest BCUT2D eigenvalue weighted by Crippen LogP contribution is 2.26. The topological polar surface area (TPSA) is 105 Å². The van der Waals surface area contributed by atoms with Gasteiger partial charge < -0.3 is 10.6 Å². The molecule has 1 atom stereocenters. The Hall–Kier alpha value is -3.94. The van der Waals surface area contributed by atoms with E-state index in [0.717, 1.165) is 5.69 Å². The molecule has 28 heavy (non-hydrogen) atoms. The second-order valence-corrected chi connectivity index (χ2v) is 6.58. The number of rotatable bonds is 4. The maximum Gasteiger partial charge on any atom is 0.322 e. The molecule has 2 aromatic carbocycles. The highest BCUT2D eigenvalue weighted by atomic mass is 16.2. The third-order valence-electron chi connectivity index (χ3n) is 4.61. The predicted molar refractivity (Wildman–Crippen MR) is 102 cm³/mol. The van der Waals surface area contributed by atoms with Crippen molar-refractivity contribution in [3.63, 3.8) is 0 Å². The predicted octanol–water partition coefficient (Wildman–Crippen LogP) is 2.18. The summed E-state index contributed by atoms with van der Waals surface area (Å²) in [5.41, 5.74) is 1.13. The summed E-state index contributed by atoms with van der Waals surface area (Å²) >= 11 is 0. The Morgan fingerprint density at radius 1 is 1.11 bits per heavy atom. The fourth-order valence-corrected chi connectivity index (χ4v) is 3.02. The van der Waals surface area contributed by atoms with Gasteiger partial charge in [0.15, 0.2) is 0 Å². The summed E-state index contributed by atoms with van der Waals surface area (Å²) in [7, 11) is 0. The first-order chi connectivity index (χ1) is 13.5. The van der Waals surface area contributed by atoms with Crippen LogP contribution in [-0.2, 0) is 10.3 Å². The van der Waals surface area contributed by atoms with Crippen LogP contribution in [-0.4, -0.2) is 27.6 Å². The van der Waals surface area contributed by atoms with Crippen LogP contribution in [0.25, 0.3) is 5.69 Å². The van der Waals surface area contributed by atoms with Gasteiger partial charge in [-0.1, -0.05) is 30.3 Å². The van der Waals surface area contributed by atoms with Gasteiger partial charge in [0.05, 0.1) is 17.4 Å². The number of carbonyl (C=O) groups is 3. The highest BCUT2D eigenvalue weighted by molar-refractivity contribution is 6.07. The van der Waals surface area contributed by atoms with Crippen LogP contribution < -0.4 is 16.0 Å². The van der Waals surface area contributed by atoms with E-state index in [2.05, 4.69) is 21.0 Å². The standard InChI is InChI=1S/C20H17N5O3/c1-20(18(27)23-19(28)24-20)14-6-5-7-15(10-14)22-17(26)13-11-21-25(12-13)16-8-3-2-4-9-16/h2-12H,1H3,(H,22,26)(H2,23,24,27,28). The lowest BCUT2D eigenvalue weighted by atomic mass is 9.92. The molecule has 4 amide bonds. The molecular weight excluding hydrogens is 358 g/mol. The molecule has 3 aromatic rings. The fourth-order valence-electron chi connectivity index (χ4n) is 3.02. The molecule has 2 heterocycles. The zero-order valence-corrected chi connectivity index (χ0v) is 15.0. The number of nitrogens with one attached hydrogen (secondary N) is 3. The number of aromatic nitrogens is 2. The monoisotopic (exact) mass is 375 g/mol. The first-order valence-electron chi connectivity index (χ1n) is 8.61. The Labute approximate surface area is 160 Å². The lowest BCUT2D eigenvalue weighted by Crippen LogP contribution is -2.40. The van der Waals surface area contributed by atoms with E-state index >= 15 is 0 Å². The van der Waals surface area contributed by atoms with E-state index < -0.39 is 17.5 Å². The van der Waals surface area contributed by atoms with Gasteiger partial charge in [-0.25, -0.2) is 9.48 Å². The first-order valence-corrected chi connectivity index (χ1v) is 8.61. The molecule has 0 radical (unpaired) electrons. The minimum Gasteiger partial charge on any atom is -0.322 e. The Morgan fingerprint density at radius 3 is 2.61 bits per heavy atom. The molecule has 0 saturated carbocycles. The minimum absolute atomic E-state index is 0.329. The summed E-state index contributed by atoms with van der Waals surface area (Å²) in [6.07, 6.45) is 3.12. The molecule has 3 N–H and O–H groups in total. The van der Waals surface area contributed by atoms with Crippen molar-refractivity contribution in [1.82, 2.24) is 20.4 Å². The molecule has 0 bridgehead atoms. The van der Waals surface area contributed by atoms with Gasteiger partial charge in [-0.05, 0) is 36.8 Å². The molecular formula is C20H17N5O3. The molecule has 1 fully saturated rings. The number of imide groups is 1. The molecule has 8 heteroatoms. The van der Waals surface area contributed by atoms with Gasteiger partial charge in [0, 0.05) is 11.9 Å². The first kappa shape index (κ1) is 17.5. The van der Waals surface area contributed by atoms with Crippen molar-refractivity contribution in [2.75, 3.05) is 5.32 Å². The molecule has 1 aliphatic rings. The average Bonchev–Trinajstić information content (AvgIpc) is 3.28. The minimum atomic E-state index is -1.18. The maximum atomic E-state index is 12.6. The lowest BCUT2D eigenvalue weighted by Gasteiger charge is -2.21. The van der Waals surface area contributed by atoms with Crippen molar-refractivity contribution in [2.45, 2.75) is 12.5 Å². The van der Waals surface area contributed by atoms with E-state index in [1.807, 2.05) is 30.3 Å². The molecule has 0 aliphatic carbocycles. The van der Waals surface area contributed by atoms with Crippen LogP contribution in [0.15, 0.2) is 67.0 Å². The number of hydrogen-bond acceptors (Lipinski definition) is 4. The summed E-state index contributed by atoms with van der Waals surface area (Å²) in [6, 6.07) is 15.7. The number of benzene rings is 2. The third-order valence-corrected chi connectivity index (χ3v) is 4.61. The normalized spacial score (nSPS) is 18.5. The molecule has 0 spiro atoms. The number of carbonyl (C=O) groups excluding carboxylic acids is 3. The highest BCUT2D eigenvalue weighted by Gasteiger charge is 2.43. The van der Waals surface area contributed by atoms with Gasteiger partial charge in [0.1, 0.15) is 5.54 Å². The Kier molecular flexibility index (Phi) is 4.15. The van der Waals surface area contributed by atoms with Crippen LogP contribution >= 0.6 is 0 Å².